The highest BCUT2D eigenvalue weighted by Gasteiger charge is 2.23. The molecule has 120 valence electrons. The average molecular weight is 327 g/mol. The van der Waals surface area contributed by atoms with Gasteiger partial charge in [0.2, 0.25) is 0 Å². The molecule has 5 heteroatoms. The summed E-state index contributed by atoms with van der Waals surface area (Å²) < 4.78 is 8.17. The lowest BCUT2D eigenvalue weighted by Gasteiger charge is -2.12. The van der Waals surface area contributed by atoms with Gasteiger partial charge in [-0.05, 0) is 30.3 Å². The quantitative estimate of drug-likeness (QED) is 0.490. The van der Waals surface area contributed by atoms with Crippen LogP contribution in [0.5, 0.6) is 0 Å². The molecule has 0 spiro atoms. The van der Waals surface area contributed by atoms with E-state index in [-0.39, 0.29) is 0 Å². The van der Waals surface area contributed by atoms with Crippen molar-refractivity contribution in [2.45, 2.75) is 0 Å². The number of aromatic nitrogens is 1. The van der Waals surface area contributed by atoms with E-state index < -0.39 is 7.12 Å². The highest BCUT2D eigenvalue weighted by molar-refractivity contribution is 6.60. The Kier molecular flexibility index (Phi) is 3.01. The van der Waals surface area contributed by atoms with Crippen LogP contribution in [0.1, 0.15) is 0 Å². The van der Waals surface area contributed by atoms with Crippen LogP contribution in [-0.4, -0.2) is 21.7 Å². The summed E-state index contributed by atoms with van der Waals surface area (Å²) in [6.45, 7) is 0. The van der Waals surface area contributed by atoms with E-state index >= 15 is 0 Å². The SMILES string of the molecule is OB(O)c1ccccc1-n1c2ccccc2c2oc3ccccc3c21. The van der Waals surface area contributed by atoms with E-state index in [4.69, 9.17) is 4.42 Å². The number of rotatable bonds is 2. The van der Waals surface area contributed by atoms with E-state index in [1.807, 2.05) is 65.2 Å². The fourth-order valence-electron chi connectivity index (χ4n) is 3.58. The molecule has 4 nitrogen and oxygen atoms in total. The molecule has 0 bridgehead atoms. The third kappa shape index (κ3) is 1.97. The summed E-state index contributed by atoms with van der Waals surface area (Å²) in [7, 11) is -1.55. The van der Waals surface area contributed by atoms with Crippen LogP contribution in [0, 0.1) is 0 Å². The van der Waals surface area contributed by atoms with Gasteiger partial charge in [0.15, 0.2) is 5.58 Å². The lowest BCUT2D eigenvalue weighted by atomic mass is 9.79. The summed E-state index contributed by atoms with van der Waals surface area (Å²) in [6, 6.07) is 23.2. The molecule has 5 rings (SSSR count). The van der Waals surface area contributed by atoms with Crippen LogP contribution < -0.4 is 5.46 Å². The molecule has 0 saturated carbocycles. The number of benzene rings is 3. The number of hydrogen-bond donors (Lipinski definition) is 2. The molecule has 25 heavy (non-hydrogen) atoms. The third-order valence-electron chi connectivity index (χ3n) is 4.64. The first-order chi connectivity index (χ1) is 12.3. The van der Waals surface area contributed by atoms with E-state index in [1.54, 1.807) is 12.1 Å². The highest BCUT2D eigenvalue weighted by atomic mass is 16.4. The molecule has 0 aliphatic heterocycles. The number of nitrogens with zero attached hydrogens (tertiary/aromatic N) is 1. The lowest BCUT2D eigenvalue weighted by molar-refractivity contribution is 0.425. The van der Waals surface area contributed by atoms with Crippen molar-refractivity contribution in [3.8, 4) is 5.69 Å². The molecule has 0 atom stereocenters. The molecule has 2 N–H and O–H groups in total. The molecule has 0 unspecified atom stereocenters. The Morgan fingerprint density at radius 2 is 1.44 bits per heavy atom. The van der Waals surface area contributed by atoms with Crippen LogP contribution in [-0.2, 0) is 0 Å². The van der Waals surface area contributed by atoms with Gasteiger partial charge in [-0.3, -0.25) is 0 Å². The van der Waals surface area contributed by atoms with E-state index in [2.05, 4.69) is 0 Å². The van der Waals surface area contributed by atoms with Gasteiger partial charge in [0.25, 0.3) is 0 Å². The number of furan rings is 1. The molecule has 2 heterocycles. The Balaban J connectivity index is 2.03. The molecular formula is C20H14BNO3. The normalized spacial score (nSPS) is 11.6. The van der Waals surface area contributed by atoms with Crippen molar-refractivity contribution in [2.24, 2.45) is 0 Å². The predicted molar refractivity (Wildman–Crippen MR) is 100 cm³/mol. The summed E-state index contributed by atoms with van der Waals surface area (Å²) in [4.78, 5) is 0. The maximum Gasteiger partial charge on any atom is 0.490 e. The minimum absolute atomic E-state index is 0.454. The molecule has 3 aromatic carbocycles. The summed E-state index contributed by atoms with van der Waals surface area (Å²) in [5, 5.41) is 21.7. The van der Waals surface area contributed by atoms with Crippen molar-refractivity contribution in [3.63, 3.8) is 0 Å². The molecule has 0 saturated heterocycles. The first kappa shape index (κ1) is 14.3. The maximum absolute atomic E-state index is 9.83. The second-order valence-electron chi connectivity index (χ2n) is 6.06. The van der Waals surface area contributed by atoms with Crippen LogP contribution >= 0.6 is 0 Å². The standard InChI is InChI=1S/C20H14BNO3/c23-21(24)15-9-3-5-11-17(15)22-16-10-4-1-7-13(16)20-19(22)14-8-2-6-12-18(14)25-20/h1-12,23-24H. The molecule has 0 radical (unpaired) electrons. The number of para-hydroxylation sites is 3. The monoisotopic (exact) mass is 327 g/mol. The fraction of sp³-hybridized carbons (Fsp3) is 0. The molecule has 2 aromatic heterocycles. The Labute approximate surface area is 143 Å². The number of fused-ring (bicyclic) bond motifs is 5. The lowest BCUT2D eigenvalue weighted by Crippen LogP contribution is -2.33. The van der Waals surface area contributed by atoms with Gasteiger partial charge >= 0.3 is 7.12 Å². The predicted octanol–water partition coefficient (Wildman–Crippen LogP) is 3.21. The van der Waals surface area contributed by atoms with Crippen LogP contribution in [0.2, 0.25) is 0 Å². The zero-order valence-corrected chi connectivity index (χ0v) is 13.3. The van der Waals surface area contributed by atoms with Crippen molar-refractivity contribution in [2.75, 3.05) is 0 Å². The van der Waals surface area contributed by atoms with E-state index in [0.717, 1.165) is 38.7 Å². The van der Waals surface area contributed by atoms with E-state index in [1.165, 1.54) is 0 Å². The zero-order valence-electron chi connectivity index (χ0n) is 13.3. The van der Waals surface area contributed by atoms with Crippen molar-refractivity contribution >= 4 is 45.6 Å². The highest BCUT2D eigenvalue weighted by Crippen LogP contribution is 2.38. The Bertz CT molecular complexity index is 1230. The summed E-state index contributed by atoms with van der Waals surface area (Å²) >= 11 is 0. The topological polar surface area (TPSA) is 58.5 Å². The van der Waals surface area contributed by atoms with Gasteiger partial charge < -0.3 is 19.0 Å². The minimum Gasteiger partial charge on any atom is -0.454 e. The van der Waals surface area contributed by atoms with Gasteiger partial charge in [-0.2, -0.15) is 0 Å². The van der Waals surface area contributed by atoms with Gasteiger partial charge in [0, 0.05) is 21.9 Å². The first-order valence-electron chi connectivity index (χ1n) is 8.12. The van der Waals surface area contributed by atoms with Crippen LogP contribution in [0.3, 0.4) is 0 Å². The smallest absolute Gasteiger partial charge is 0.454 e. The minimum atomic E-state index is -1.55. The van der Waals surface area contributed by atoms with Gasteiger partial charge in [-0.25, -0.2) is 0 Å². The van der Waals surface area contributed by atoms with Crippen LogP contribution in [0.15, 0.2) is 77.2 Å². The van der Waals surface area contributed by atoms with Gasteiger partial charge in [-0.1, -0.05) is 42.5 Å². The fourth-order valence-corrected chi connectivity index (χ4v) is 3.58. The molecule has 5 aromatic rings. The zero-order chi connectivity index (χ0) is 17.0. The van der Waals surface area contributed by atoms with Crippen molar-refractivity contribution < 1.29 is 14.5 Å². The van der Waals surface area contributed by atoms with Gasteiger partial charge in [0.05, 0.1) is 5.52 Å². The van der Waals surface area contributed by atoms with Crippen LogP contribution in [0.4, 0.5) is 0 Å². The van der Waals surface area contributed by atoms with E-state index in [9.17, 15) is 10.0 Å². The van der Waals surface area contributed by atoms with Crippen molar-refractivity contribution in [1.82, 2.24) is 4.57 Å². The largest absolute Gasteiger partial charge is 0.490 e. The van der Waals surface area contributed by atoms with E-state index in [0.29, 0.717) is 5.46 Å². The average Bonchev–Trinajstić information content (AvgIpc) is 3.16. The second kappa shape index (κ2) is 5.24. The molecule has 0 aliphatic rings. The summed E-state index contributed by atoms with van der Waals surface area (Å²) in [6.07, 6.45) is 0. The maximum atomic E-state index is 9.83. The van der Waals surface area contributed by atoms with Crippen molar-refractivity contribution in [3.05, 3.63) is 72.8 Å². The molecule has 0 aliphatic carbocycles. The number of hydrogen-bond acceptors (Lipinski definition) is 3. The Morgan fingerprint density at radius 1 is 0.760 bits per heavy atom. The molecule has 0 fully saturated rings. The van der Waals surface area contributed by atoms with Gasteiger partial charge in [-0.15, -0.1) is 0 Å². The Morgan fingerprint density at radius 3 is 2.28 bits per heavy atom. The first-order valence-corrected chi connectivity index (χ1v) is 8.12. The Hall–Kier alpha value is -3.02. The molecule has 0 amide bonds. The third-order valence-corrected chi connectivity index (χ3v) is 4.64. The van der Waals surface area contributed by atoms with Crippen molar-refractivity contribution in [1.29, 1.82) is 0 Å². The van der Waals surface area contributed by atoms with Crippen LogP contribution in [0.25, 0.3) is 38.7 Å². The van der Waals surface area contributed by atoms with Gasteiger partial charge in [0.1, 0.15) is 11.1 Å². The summed E-state index contributed by atoms with van der Waals surface area (Å²) in [5.41, 5.74) is 4.71. The second-order valence-corrected chi connectivity index (χ2v) is 6.06. The summed E-state index contributed by atoms with van der Waals surface area (Å²) in [5.74, 6) is 0. The molecular weight excluding hydrogens is 313 g/mol.